The van der Waals surface area contributed by atoms with Crippen molar-refractivity contribution in [3.05, 3.63) is 0 Å². The van der Waals surface area contributed by atoms with Gasteiger partial charge in [0.05, 0.1) is 19.1 Å². The van der Waals surface area contributed by atoms with Gasteiger partial charge in [-0.3, -0.25) is 9.59 Å². The Bertz CT molecular complexity index is 357. The molecule has 7 nitrogen and oxygen atoms in total. The van der Waals surface area contributed by atoms with E-state index < -0.39 is 18.0 Å². The first-order chi connectivity index (χ1) is 14.3. The highest BCUT2D eigenvalue weighted by atomic mass is 16.4. The van der Waals surface area contributed by atoms with Gasteiger partial charge in [0.25, 0.3) is 0 Å². The van der Waals surface area contributed by atoms with Crippen LogP contribution in [0.1, 0.15) is 111 Å². The average Bonchev–Trinajstić information content (AvgIpc) is 2.73. The smallest absolute Gasteiger partial charge is 0.306 e. The van der Waals surface area contributed by atoms with Gasteiger partial charge >= 0.3 is 11.9 Å². The molecule has 0 aliphatic rings. The van der Waals surface area contributed by atoms with Gasteiger partial charge in [0, 0.05) is 6.42 Å². The van der Waals surface area contributed by atoms with Crippen LogP contribution in [-0.2, 0) is 9.59 Å². The molecule has 0 spiro atoms. The van der Waals surface area contributed by atoms with Crippen molar-refractivity contribution >= 4 is 11.9 Å². The van der Waals surface area contributed by atoms with Gasteiger partial charge in [0.1, 0.15) is 6.10 Å². The fourth-order valence-electron chi connectivity index (χ4n) is 2.60. The van der Waals surface area contributed by atoms with Crippen LogP contribution in [0.25, 0.3) is 0 Å². The van der Waals surface area contributed by atoms with Crippen LogP contribution in [0.5, 0.6) is 0 Å². The summed E-state index contributed by atoms with van der Waals surface area (Å²) in [7, 11) is 0. The van der Waals surface area contributed by atoms with E-state index in [0.29, 0.717) is 6.42 Å². The molecule has 0 saturated carbocycles. The first kappa shape index (κ1) is 33.5. The topological polar surface area (TPSA) is 135 Å². The van der Waals surface area contributed by atoms with Crippen LogP contribution in [0.15, 0.2) is 0 Å². The lowest BCUT2D eigenvalue weighted by Crippen LogP contribution is -2.15. The minimum atomic E-state index is -0.954. The van der Waals surface area contributed by atoms with E-state index in [0.717, 1.165) is 38.5 Å². The third kappa shape index (κ3) is 31.5. The zero-order valence-corrected chi connectivity index (χ0v) is 19.5. The molecule has 0 bridgehead atoms. The van der Waals surface area contributed by atoms with Crippen LogP contribution in [0.4, 0.5) is 0 Å². The molecule has 0 aromatic carbocycles. The van der Waals surface area contributed by atoms with E-state index in [4.69, 9.17) is 25.5 Å². The van der Waals surface area contributed by atoms with E-state index >= 15 is 0 Å². The molecule has 0 radical (unpaired) electrons. The number of carboxylic acids is 2. The number of carboxylic acid groups (broad SMARTS) is 2. The minimum Gasteiger partial charge on any atom is -0.481 e. The molecule has 0 saturated heterocycles. The minimum absolute atomic E-state index is 0.111. The van der Waals surface area contributed by atoms with Crippen molar-refractivity contribution < 1.29 is 35.1 Å². The molecule has 182 valence electrons. The fraction of sp³-hybridized carbons (Fsp3) is 0.913. The molecule has 0 aromatic rings. The van der Waals surface area contributed by atoms with Crippen LogP contribution >= 0.6 is 0 Å². The second-order valence-corrected chi connectivity index (χ2v) is 7.58. The van der Waals surface area contributed by atoms with Crippen LogP contribution in [0, 0.1) is 5.92 Å². The van der Waals surface area contributed by atoms with Crippen molar-refractivity contribution in [3.63, 3.8) is 0 Å². The first-order valence-electron chi connectivity index (χ1n) is 11.6. The molecule has 0 aliphatic heterocycles. The number of unbranched alkanes of at least 4 members (excludes halogenated alkanes) is 9. The Labute approximate surface area is 183 Å². The van der Waals surface area contributed by atoms with Gasteiger partial charge in [-0.05, 0) is 19.3 Å². The Morgan fingerprint density at radius 3 is 1.43 bits per heavy atom. The van der Waals surface area contributed by atoms with E-state index in [1.165, 1.54) is 44.9 Å². The summed E-state index contributed by atoms with van der Waals surface area (Å²) in [6, 6.07) is 0. The molecule has 0 fully saturated rings. The molecule has 0 heterocycles. The normalized spacial score (nSPS) is 11.2. The molecule has 30 heavy (non-hydrogen) atoms. The molecule has 0 amide bonds. The summed E-state index contributed by atoms with van der Waals surface area (Å²) in [5.41, 5.74) is 0. The maximum absolute atomic E-state index is 10.4. The second kappa shape index (κ2) is 27.8. The Hall–Kier alpha value is -1.18. The third-order valence-electron chi connectivity index (χ3n) is 4.66. The van der Waals surface area contributed by atoms with Gasteiger partial charge in [-0.25, -0.2) is 0 Å². The molecule has 1 atom stereocenters. The third-order valence-corrected chi connectivity index (χ3v) is 4.66. The Morgan fingerprint density at radius 1 is 0.700 bits per heavy atom. The highest BCUT2D eigenvalue weighted by Crippen LogP contribution is 2.12. The number of hydrogen-bond acceptors (Lipinski definition) is 5. The van der Waals surface area contributed by atoms with Gasteiger partial charge in [0.15, 0.2) is 0 Å². The van der Waals surface area contributed by atoms with E-state index in [2.05, 4.69) is 13.8 Å². The molecule has 0 aliphatic carbocycles. The van der Waals surface area contributed by atoms with Crippen molar-refractivity contribution in [1.82, 2.24) is 0 Å². The van der Waals surface area contributed by atoms with Crippen molar-refractivity contribution in [3.8, 4) is 0 Å². The summed E-state index contributed by atoms with van der Waals surface area (Å²) in [6.07, 6.45) is 14.2. The van der Waals surface area contributed by atoms with Gasteiger partial charge in [0.2, 0.25) is 0 Å². The van der Waals surface area contributed by atoms with Crippen molar-refractivity contribution in [2.24, 2.45) is 5.92 Å². The highest BCUT2D eigenvalue weighted by Gasteiger charge is 2.12. The van der Waals surface area contributed by atoms with Gasteiger partial charge in [-0.2, -0.15) is 0 Å². The van der Waals surface area contributed by atoms with Crippen molar-refractivity contribution in [1.29, 1.82) is 0 Å². The van der Waals surface area contributed by atoms with Gasteiger partial charge < -0.3 is 25.5 Å². The largest absolute Gasteiger partial charge is 0.481 e. The van der Waals surface area contributed by atoms with Crippen LogP contribution in [0.3, 0.4) is 0 Å². The number of hydrogen-bond donors (Lipinski definition) is 5. The number of aliphatic carboxylic acids is 2. The molecule has 0 aromatic heterocycles. The van der Waals surface area contributed by atoms with E-state index in [1.54, 1.807) is 0 Å². The van der Waals surface area contributed by atoms with Gasteiger partial charge in [-0.15, -0.1) is 0 Å². The molecule has 7 heteroatoms. The Morgan fingerprint density at radius 2 is 1.13 bits per heavy atom. The van der Waals surface area contributed by atoms with Gasteiger partial charge in [-0.1, -0.05) is 85.0 Å². The summed E-state index contributed by atoms with van der Waals surface area (Å²) >= 11 is 0. The monoisotopic (exact) mass is 436 g/mol. The lowest BCUT2D eigenvalue weighted by molar-refractivity contribution is -0.142. The van der Waals surface area contributed by atoms with Crippen LogP contribution in [0.2, 0.25) is 0 Å². The van der Waals surface area contributed by atoms with Crippen LogP contribution in [-0.4, -0.2) is 56.8 Å². The predicted molar refractivity (Wildman–Crippen MR) is 121 cm³/mol. The Balaban J connectivity index is -0.000000397. The maximum atomic E-state index is 10.4. The average molecular weight is 437 g/mol. The second-order valence-electron chi connectivity index (χ2n) is 7.58. The van der Waals surface area contributed by atoms with Crippen molar-refractivity contribution in [2.45, 2.75) is 117 Å². The summed E-state index contributed by atoms with van der Waals surface area (Å²) < 4.78 is 0. The highest BCUT2D eigenvalue weighted by molar-refractivity contribution is 5.69. The molecular weight excluding hydrogens is 388 g/mol. The number of aliphatic hydroxyl groups excluding tert-OH is 3. The summed E-state index contributed by atoms with van der Waals surface area (Å²) in [6.45, 7) is 5.50. The SMILES string of the molecule is CCCCC(CC)C(=O)O.CCCCCCCCCCCC(=O)O.OCC(O)CO. The van der Waals surface area contributed by atoms with E-state index in [-0.39, 0.29) is 19.1 Å². The summed E-state index contributed by atoms with van der Waals surface area (Å²) in [5, 5.41) is 41.0. The maximum Gasteiger partial charge on any atom is 0.306 e. The predicted octanol–water partition coefficient (Wildman–Crippen LogP) is 4.61. The number of aliphatic hydroxyl groups is 3. The van der Waals surface area contributed by atoms with Crippen molar-refractivity contribution in [2.75, 3.05) is 13.2 Å². The lowest BCUT2D eigenvalue weighted by Gasteiger charge is -2.06. The first-order valence-corrected chi connectivity index (χ1v) is 11.6. The molecule has 0 rings (SSSR count). The summed E-state index contributed by atoms with van der Waals surface area (Å²) in [5.74, 6) is -1.41. The standard InChI is InChI=1S/C12H24O2.C8H16O2.C3H8O3/c1-2-3-4-5-6-7-8-9-10-11-12(13)14;1-3-5-6-7(4-2)8(9)10;4-1-3(6)2-5/h2-11H2,1H3,(H,13,14);7H,3-6H2,1-2H3,(H,9,10);3-6H,1-2H2. The quantitative estimate of drug-likeness (QED) is 0.210. The lowest BCUT2D eigenvalue weighted by atomic mass is 10.00. The molecular formula is C23H48O7. The summed E-state index contributed by atoms with van der Waals surface area (Å²) in [4.78, 5) is 20.6. The molecule has 5 N–H and O–H groups in total. The zero-order chi connectivity index (χ0) is 23.6. The number of rotatable bonds is 17. The fourth-order valence-corrected chi connectivity index (χ4v) is 2.60. The van der Waals surface area contributed by atoms with Crippen LogP contribution < -0.4 is 0 Å². The molecule has 1 unspecified atom stereocenters. The zero-order valence-electron chi connectivity index (χ0n) is 19.5. The van der Waals surface area contributed by atoms with E-state index in [9.17, 15) is 9.59 Å². The number of carbonyl (C=O) groups is 2. The van der Waals surface area contributed by atoms with E-state index in [1.807, 2.05) is 6.92 Å². The Kier molecular flexibility index (Phi) is 31.0.